The van der Waals surface area contributed by atoms with Crippen LogP contribution in [0, 0.1) is 6.92 Å². The molecule has 3 aromatic rings. The molecule has 4 nitrogen and oxygen atoms in total. The molecule has 0 aliphatic carbocycles. The van der Waals surface area contributed by atoms with Crippen molar-refractivity contribution in [1.29, 1.82) is 0 Å². The number of amides is 1. The Hall–Kier alpha value is -3.14. The van der Waals surface area contributed by atoms with Crippen molar-refractivity contribution in [2.45, 2.75) is 20.3 Å². The largest absolute Gasteiger partial charge is 0.352 e. The molecule has 1 amide bonds. The maximum absolute atomic E-state index is 12.5. The van der Waals surface area contributed by atoms with Gasteiger partial charge in [-0.3, -0.25) is 4.79 Å². The first-order chi connectivity index (χ1) is 13.2. The van der Waals surface area contributed by atoms with Gasteiger partial charge in [-0.1, -0.05) is 42.5 Å². The molecule has 138 valence electrons. The maximum Gasteiger partial charge on any atom is 0.251 e. The van der Waals surface area contributed by atoms with Crippen LogP contribution >= 0.6 is 0 Å². The summed E-state index contributed by atoms with van der Waals surface area (Å²) in [5, 5.41) is 3.00. The Bertz CT molecular complexity index is 893. The number of hydrogen-bond donors (Lipinski definition) is 1. The zero-order valence-corrected chi connectivity index (χ0v) is 15.9. The fourth-order valence-electron chi connectivity index (χ4n) is 3.05. The molecular weight excluding hydrogens is 334 g/mol. The van der Waals surface area contributed by atoms with E-state index in [1.54, 1.807) is 12.3 Å². The molecule has 0 aliphatic heterocycles. The molecule has 0 fully saturated rings. The predicted octanol–water partition coefficient (Wildman–Crippen LogP) is 4.52. The first-order valence-electron chi connectivity index (χ1n) is 9.29. The van der Waals surface area contributed by atoms with Gasteiger partial charge in [-0.25, -0.2) is 4.98 Å². The number of carbonyl (C=O) groups is 1. The van der Waals surface area contributed by atoms with Crippen LogP contribution in [-0.2, 0) is 6.42 Å². The lowest BCUT2D eigenvalue weighted by molar-refractivity contribution is 0.0954. The first-order valence-corrected chi connectivity index (χ1v) is 9.29. The number of nitrogens with zero attached hydrogens (tertiary/aromatic N) is 2. The average Bonchev–Trinajstić information content (AvgIpc) is 2.70. The van der Waals surface area contributed by atoms with Gasteiger partial charge in [0.15, 0.2) is 0 Å². The van der Waals surface area contributed by atoms with Gasteiger partial charge in [-0.05, 0) is 55.7 Å². The van der Waals surface area contributed by atoms with Crippen molar-refractivity contribution in [2.24, 2.45) is 0 Å². The van der Waals surface area contributed by atoms with Crippen molar-refractivity contribution >= 4 is 17.4 Å². The van der Waals surface area contributed by atoms with E-state index in [2.05, 4.69) is 59.4 Å². The molecule has 0 unspecified atom stereocenters. The third-order valence-electron chi connectivity index (χ3n) is 4.46. The van der Waals surface area contributed by atoms with Crippen LogP contribution in [0.25, 0.3) is 0 Å². The zero-order valence-electron chi connectivity index (χ0n) is 15.9. The molecule has 0 spiro atoms. The number of nitrogens with one attached hydrogen (secondary N) is 1. The van der Waals surface area contributed by atoms with Crippen LogP contribution in [-0.4, -0.2) is 24.0 Å². The lowest BCUT2D eigenvalue weighted by atomic mass is 10.1. The molecule has 1 aromatic heterocycles. The summed E-state index contributed by atoms with van der Waals surface area (Å²) in [6.07, 6.45) is 2.51. The molecule has 2 aromatic carbocycles. The minimum Gasteiger partial charge on any atom is -0.352 e. The Morgan fingerprint density at radius 3 is 2.59 bits per heavy atom. The highest BCUT2D eigenvalue weighted by Gasteiger charge is 2.12. The third-order valence-corrected chi connectivity index (χ3v) is 4.46. The van der Waals surface area contributed by atoms with Gasteiger partial charge in [-0.15, -0.1) is 0 Å². The molecule has 0 saturated heterocycles. The third kappa shape index (κ3) is 4.94. The van der Waals surface area contributed by atoms with Gasteiger partial charge >= 0.3 is 0 Å². The molecule has 3 rings (SSSR count). The fourth-order valence-corrected chi connectivity index (χ4v) is 3.05. The smallest absolute Gasteiger partial charge is 0.251 e. The lowest BCUT2D eigenvalue weighted by Gasteiger charge is -2.23. The summed E-state index contributed by atoms with van der Waals surface area (Å²) in [5.41, 5.74) is 4.11. The second-order valence-corrected chi connectivity index (χ2v) is 6.48. The number of anilines is 2. The van der Waals surface area contributed by atoms with Crippen LogP contribution in [0.5, 0.6) is 0 Å². The van der Waals surface area contributed by atoms with Gasteiger partial charge in [0, 0.05) is 30.5 Å². The summed E-state index contributed by atoms with van der Waals surface area (Å²) in [6.45, 7) is 5.53. The Morgan fingerprint density at radius 2 is 1.85 bits per heavy atom. The summed E-state index contributed by atoms with van der Waals surface area (Å²) in [4.78, 5) is 19.1. The molecule has 4 heteroatoms. The van der Waals surface area contributed by atoms with Gasteiger partial charge in [-0.2, -0.15) is 0 Å². The maximum atomic E-state index is 12.5. The standard InChI is InChI=1S/C23H25N3O/c1-3-26(21-11-7-8-18(2)16-21)22-17-20(13-15-24-22)23(27)25-14-12-19-9-5-4-6-10-19/h4-11,13,15-17H,3,12,14H2,1-2H3,(H,25,27). The number of aryl methyl sites for hydroxylation is 1. The number of pyridine rings is 1. The van der Waals surface area contributed by atoms with Crippen LogP contribution < -0.4 is 10.2 Å². The molecule has 0 radical (unpaired) electrons. The minimum atomic E-state index is -0.0742. The Labute approximate surface area is 160 Å². The molecular formula is C23H25N3O. The van der Waals surface area contributed by atoms with Crippen LogP contribution in [0.3, 0.4) is 0 Å². The van der Waals surface area contributed by atoms with E-state index in [9.17, 15) is 4.79 Å². The van der Waals surface area contributed by atoms with Crippen LogP contribution in [0.15, 0.2) is 72.9 Å². The zero-order chi connectivity index (χ0) is 19.1. The van der Waals surface area contributed by atoms with E-state index in [1.807, 2.05) is 30.3 Å². The van der Waals surface area contributed by atoms with Gasteiger partial charge in [0.1, 0.15) is 5.82 Å². The fraction of sp³-hybridized carbons (Fsp3) is 0.217. The number of rotatable bonds is 7. The van der Waals surface area contributed by atoms with E-state index >= 15 is 0 Å². The Balaban J connectivity index is 1.69. The van der Waals surface area contributed by atoms with E-state index in [4.69, 9.17) is 0 Å². The summed E-state index contributed by atoms with van der Waals surface area (Å²) >= 11 is 0. The quantitative estimate of drug-likeness (QED) is 0.674. The second-order valence-electron chi connectivity index (χ2n) is 6.48. The van der Waals surface area contributed by atoms with Crippen molar-refractivity contribution in [3.8, 4) is 0 Å². The minimum absolute atomic E-state index is 0.0742. The first kappa shape index (κ1) is 18.6. The van der Waals surface area contributed by atoms with Crippen LogP contribution in [0.1, 0.15) is 28.4 Å². The van der Waals surface area contributed by atoms with E-state index in [0.717, 1.165) is 24.5 Å². The second kappa shape index (κ2) is 8.99. The topological polar surface area (TPSA) is 45.2 Å². The number of benzene rings is 2. The lowest BCUT2D eigenvalue weighted by Crippen LogP contribution is -2.26. The van der Waals surface area contributed by atoms with E-state index < -0.39 is 0 Å². The molecule has 0 aliphatic rings. The van der Waals surface area contributed by atoms with Gasteiger partial charge < -0.3 is 10.2 Å². The number of carbonyl (C=O) groups excluding carboxylic acids is 1. The van der Waals surface area contributed by atoms with Crippen molar-refractivity contribution in [3.05, 3.63) is 89.6 Å². The summed E-state index contributed by atoms with van der Waals surface area (Å²) in [6, 6.07) is 22.0. The monoisotopic (exact) mass is 359 g/mol. The van der Waals surface area contributed by atoms with Crippen molar-refractivity contribution in [1.82, 2.24) is 10.3 Å². The molecule has 27 heavy (non-hydrogen) atoms. The Morgan fingerprint density at radius 1 is 1.04 bits per heavy atom. The molecule has 0 saturated carbocycles. The highest BCUT2D eigenvalue weighted by atomic mass is 16.1. The molecule has 0 bridgehead atoms. The van der Waals surface area contributed by atoms with Crippen LogP contribution in [0.4, 0.5) is 11.5 Å². The van der Waals surface area contributed by atoms with Crippen LogP contribution in [0.2, 0.25) is 0 Å². The van der Waals surface area contributed by atoms with E-state index in [1.165, 1.54) is 11.1 Å². The van der Waals surface area contributed by atoms with Gasteiger partial charge in [0.2, 0.25) is 0 Å². The molecule has 1 N–H and O–H groups in total. The Kier molecular flexibility index (Phi) is 6.21. The number of aromatic nitrogens is 1. The number of hydrogen-bond acceptors (Lipinski definition) is 3. The molecule has 1 heterocycles. The highest BCUT2D eigenvalue weighted by molar-refractivity contribution is 5.95. The average molecular weight is 359 g/mol. The predicted molar refractivity (Wildman–Crippen MR) is 111 cm³/mol. The van der Waals surface area contributed by atoms with Crippen molar-refractivity contribution < 1.29 is 4.79 Å². The normalized spacial score (nSPS) is 10.4. The highest BCUT2D eigenvalue weighted by Crippen LogP contribution is 2.24. The SMILES string of the molecule is CCN(c1cccc(C)c1)c1cc(C(=O)NCCc2ccccc2)ccn1. The summed E-state index contributed by atoms with van der Waals surface area (Å²) in [7, 11) is 0. The van der Waals surface area contributed by atoms with Crippen molar-refractivity contribution in [3.63, 3.8) is 0 Å². The molecule has 0 atom stereocenters. The van der Waals surface area contributed by atoms with Crippen molar-refractivity contribution in [2.75, 3.05) is 18.0 Å². The van der Waals surface area contributed by atoms with E-state index in [0.29, 0.717) is 12.1 Å². The van der Waals surface area contributed by atoms with Gasteiger partial charge in [0.05, 0.1) is 0 Å². The van der Waals surface area contributed by atoms with Gasteiger partial charge in [0.25, 0.3) is 5.91 Å². The summed E-state index contributed by atoms with van der Waals surface area (Å²) < 4.78 is 0. The van der Waals surface area contributed by atoms with E-state index in [-0.39, 0.29) is 5.91 Å². The summed E-state index contributed by atoms with van der Waals surface area (Å²) in [5.74, 6) is 0.702.